The lowest BCUT2D eigenvalue weighted by atomic mass is 9.94. The van der Waals surface area contributed by atoms with Gasteiger partial charge < -0.3 is 14.6 Å². The number of halogens is 1. The second-order valence-electron chi connectivity index (χ2n) is 8.55. The molecule has 4 aromatic rings. The second kappa shape index (κ2) is 8.65. The Morgan fingerprint density at radius 1 is 1.03 bits per heavy atom. The first-order valence-electron chi connectivity index (χ1n) is 11.2. The Bertz CT molecular complexity index is 1580. The van der Waals surface area contributed by atoms with Gasteiger partial charge in [0.15, 0.2) is 16.6 Å². The number of ketones is 1. The third-order valence-electron chi connectivity index (χ3n) is 6.20. The normalized spacial score (nSPS) is 18.7. The van der Waals surface area contributed by atoms with Crippen LogP contribution in [0.1, 0.15) is 22.7 Å². The van der Waals surface area contributed by atoms with Crippen LogP contribution in [0.3, 0.4) is 0 Å². The molecule has 180 valence electrons. The van der Waals surface area contributed by atoms with Gasteiger partial charge in [-0.3, -0.25) is 14.5 Å². The van der Waals surface area contributed by atoms with E-state index >= 15 is 0 Å². The van der Waals surface area contributed by atoms with E-state index in [1.807, 2.05) is 31.2 Å². The van der Waals surface area contributed by atoms with Crippen molar-refractivity contribution < 1.29 is 24.2 Å². The number of rotatable bonds is 3. The standard InChI is InChI=1S/C27H19ClN2O5S/c1-14-2-4-15(5-3-14)23-22(24(31)16-6-9-19-20(12-16)35-11-10-34-19)25(32)26(33)30(23)27-29-18-8-7-17(28)13-21(18)36-27/h2-9,12-13,23,31H,10-11H2,1H3/b24-22+/t23-/m1/s1. The van der Waals surface area contributed by atoms with Gasteiger partial charge in [0.05, 0.1) is 21.8 Å². The van der Waals surface area contributed by atoms with E-state index in [4.69, 9.17) is 21.1 Å². The molecule has 2 aliphatic rings. The highest BCUT2D eigenvalue weighted by atomic mass is 35.5. The number of carbonyl (C=O) groups excluding carboxylic acids is 2. The number of aliphatic hydroxyl groups excluding tert-OH is 1. The van der Waals surface area contributed by atoms with Crippen molar-refractivity contribution in [2.24, 2.45) is 0 Å². The van der Waals surface area contributed by atoms with Crippen molar-refractivity contribution in [3.63, 3.8) is 0 Å². The summed E-state index contributed by atoms with van der Waals surface area (Å²) in [5.41, 5.74) is 2.70. The molecule has 1 fully saturated rings. The number of aryl methyl sites for hydroxylation is 1. The number of aromatic nitrogens is 1. The van der Waals surface area contributed by atoms with E-state index in [-0.39, 0.29) is 11.3 Å². The fraction of sp³-hybridized carbons (Fsp3) is 0.148. The van der Waals surface area contributed by atoms with E-state index in [1.165, 1.54) is 16.2 Å². The SMILES string of the molecule is Cc1ccc([C@@H]2/C(=C(\O)c3ccc4c(c3)OCCO4)C(=O)C(=O)N2c2nc3ccc(Cl)cc3s2)cc1. The number of Topliss-reactive ketones (excluding diaryl/α,β-unsaturated/α-hetero) is 1. The lowest BCUT2D eigenvalue weighted by Crippen LogP contribution is -2.29. The summed E-state index contributed by atoms with van der Waals surface area (Å²) in [7, 11) is 0. The molecule has 1 amide bonds. The summed E-state index contributed by atoms with van der Waals surface area (Å²) in [5, 5.41) is 12.3. The molecule has 1 atom stereocenters. The highest BCUT2D eigenvalue weighted by Gasteiger charge is 2.48. The molecule has 9 heteroatoms. The third kappa shape index (κ3) is 3.70. The highest BCUT2D eigenvalue weighted by molar-refractivity contribution is 7.22. The van der Waals surface area contributed by atoms with Crippen LogP contribution in [-0.2, 0) is 9.59 Å². The first-order chi connectivity index (χ1) is 17.4. The minimum absolute atomic E-state index is 0.0159. The molecule has 3 heterocycles. The van der Waals surface area contributed by atoms with Crippen LogP contribution in [0.5, 0.6) is 11.5 Å². The van der Waals surface area contributed by atoms with Crippen molar-refractivity contribution >= 4 is 55.7 Å². The number of hydrogen-bond acceptors (Lipinski definition) is 7. The Balaban J connectivity index is 1.54. The van der Waals surface area contributed by atoms with Gasteiger partial charge in [-0.1, -0.05) is 52.8 Å². The molecule has 0 unspecified atom stereocenters. The predicted octanol–water partition coefficient (Wildman–Crippen LogP) is 5.66. The summed E-state index contributed by atoms with van der Waals surface area (Å²) in [5.74, 6) is -0.812. The van der Waals surface area contributed by atoms with E-state index in [1.54, 1.807) is 36.4 Å². The molecule has 0 aliphatic carbocycles. The number of nitrogens with zero attached hydrogens (tertiary/aromatic N) is 2. The molecule has 0 spiro atoms. The van der Waals surface area contributed by atoms with Crippen molar-refractivity contribution in [3.05, 3.63) is 87.9 Å². The predicted molar refractivity (Wildman–Crippen MR) is 138 cm³/mol. The molecule has 1 aromatic heterocycles. The zero-order valence-corrected chi connectivity index (χ0v) is 20.6. The van der Waals surface area contributed by atoms with Gasteiger partial charge in [-0.2, -0.15) is 0 Å². The van der Waals surface area contributed by atoms with E-state index < -0.39 is 17.7 Å². The Kier molecular flexibility index (Phi) is 5.43. The summed E-state index contributed by atoms with van der Waals surface area (Å²) < 4.78 is 12.0. The van der Waals surface area contributed by atoms with Crippen LogP contribution in [0.15, 0.2) is 66.2 Å². The molecule has 2 aliphatic heterocycles. The Labute approximate surface area is 215 Å². The molecule has 0 saturated carbocycles. The van der Waals surface area contributed by atoms with Gasteiger partial charge in [0.25, 0.3) is 5.78 Å². The molecule has 0 bridgehead atoms. The topological polar surface area (TPSA) is 89.0 Å². The number of benzene rings is 3. The van der Waals surface area contributed by atoms with E-state index in [0.29, 0.717) is 51.5 Å². The smallest absolute Gasteiger partial charge is 0.301 e. The van der Waals surface area contributed by atoms with Gasteiger partial charge in [0.1, 0.15) is 19.0 Å². The molecular formula is C27H19ClN2O5S. The van der Waals surface area contributed by atoms with Crippen molar-refractivity contribution in [1.82, 2.24) is 4.98 Å². The summed E-state index contributed by atoms with van der Waals surface area (Å²) in [6.07, 6.45) is 0. The van der Waals surface area contributed by atoms with E-state index in [0.717, 1.165) is 10.3 Å². The maximum atomic E-state index is 13.4. The van der Waals surface area contributed by atoms with Crippen LogP contribution in [0.4, 0.5) is 5.13 Å². The monoisotopic (exact) mass is 518 g/mol. The van der Waals surface area contributed by atoms with Crippen molar-refractivity contribution in [2.75, 3.05) is 18.1 Å². The number of carbonyl (C=O) groups is 2. The number of thiazole rings is 1. The molecule has 3 aromatic carbocycles. The number of fused-ring (bicyclic) bond motifs is 2. The van der Waals surface area contributed by atoms with Crippen molar-refractivity contribution in [2.45, 2.75) is 13.0 Å². The molecular weight excluding hydrogens is 500 g/mol. The minimum atomic E-state index is -0.866. The van der Waals surface area contributed by atoms with Crippen molar-refractivity contribution in [1.29, 1.82) is 0 Å². The fourth-order valence-electron chi connectivity index (χ4n) is 4.43. The maximum Gasteiger partial charge on any atom is 0.301 e. The molecule has 6 rings (SSSR count). The number of anilines is 1. The molecule has 36 heavy (non-hydrogen) atoms. The van der Waals surface area contributed by atoms with Gasteiger partial charge in [0, 0.05) is 10.6 Å². The lowest BCUT2D eigenvalue weighted by Gasteiger charge is -2.23. The largest absolute Gasteiger partial charge is 0.507 e. The molecule has 0 radical (unpaired) electrons. The van der Waals surface area contributed by atoms with Gasteiger partial charge in [-0.05, 0) is 48.9 Å². The Morgan fingerprint density at radius 3 is 2.56 bits per heavy atom. The maximum absolute atomic E-state index is 13.4. The average Bonchev–Trinajstić information content (AvgIpc) is 3.41. The quantitative estimate of drug-likeness (QED) is 0.214. The summed E-state index contributed by atoms with van der Waals surface area (Å²) in [4.78, 5) is 32.8. The number of ether oxygens (including phenoxy) is 2. The van der Waals surface area contributed by atoms with Gasteiger partial charge in [0.2, 0.25) is 0 Å². The number of hydrogen-bond donors (Lipinski definition) is 1. The zero-order chi connectivity index (χ0) is 25.0. The number of aliphatic hydroxyl groups is 1. The van der Waals surface area contributed by atoms with Crippen molar-refractivity contribution in [3.8, 4) is 11.5 Å². The van der Waals surface area contributed by atoms with Gasteiger partial charge in [-0.15, -0.1) is 0 Å². The Morgan fingerprint density at radius 2 is 1.78 bits per heavy atom. The first kappa shape index (κ1) is 22.6. The van der Waals surface area contributed by atoms with Crippen LogP contribution in [0, 0.1) is 6.92 Å². The van der Waals surface area contributed by atoms with Gasteiger partial charge >= 0.3 is 5.91 Å². The third-order valence-corrected chi connectivity index (χ3v) is 7.45. The summed E-state index contributed by atoms with van der Waals surface area (Å²) >= 11 is 7.41. The van der Waals surface area contributed by atoms with E-state index in [9.17, 15) is 14.7 Å². The summed E-state index contributed by atoms with van der Waals surface area (Å²) in [6, 6.07) is 16.8. The molecule has 1 saturated heterocycles. The van der Waals surface area contributed by atoms with Crippen LogP contribution >= 0.6 is 22.9 Å². The number of amides is 1. The van der Waals surface area contributed by atoms with Crippen LogP contribution in [-0.4, -0.2) is 35.0 Å². The average molecular weight is 519 g/mol. The van der Waals surface area contributed by atoms with E-state index in [2.05, 4.69) is 4.98 Å². The first-order valence-corrected chi connectivity index (χ1v) is 12.4. The molecule has 1 N–H and O–H groups in total. The highest BCUT2D eigenvalue weighted by Crippen LogP contribution is 2.45. The van der Waals surface area contributed by atoms with Crippen LogP contribution in [0.25, 0.3) is 16.0 Å². The Hall–Kier alpha value is -3.88. The lowest BCUT2D eigenvalue weighted by molar-refractivity contribution is -0.132. The van der Waals surface area contributed by atoms with Gasteiger partial charge in [-0.25, -0.2) is 4.98 Å². The fourth-order valence-corrected chi connectivity index (χ4v) is 5.70. The summed E-state index contributed by atoms with van der Waals surface area (Å²) in [6.45, 7) is 2.77. The van der Waals surface area contributed by atoms with Crippen LogP contribution < -0.4 is 14.4 Å². The van der Waals surface area contributed by atoms with Crippen LogP contribution in [0.2, 0.25) is 5.02 Å². The molecule has 7 nitrogen and oxygen atoms in total. The minimum Gasteiger partial charge on any atom is -0.507 e. The zero-order valence-electron chi connectivity index (χ0n) is 19.0. The second-order valence-corrected chi connectivity index (χ2v) is 9.99.